The Kier molecular flexibility index (Phi) is 6.92. The Morgan fingerprint density at radius 2 is 1.91 bits per heavy atom. The van der Waals surface area contributed by atoms with E-state index >= 15 is 0 Å². The Bertz CT molecular complexity index is 1150. The molecule has 32 heavy (non-hydrogen) atoms. The SMILES string of the molecule is CCN1CCC[C@@H]1CN(Cc1cc2ccc(C)cc2[nH]c1=O)C(=S)Nc1ccc(C)cc1. The van der Waals surface area contributed by atoms with E-state index in [1.807, 2.05) is 31.2 Å². The van der Waals surface area contributed by atoms with Crippen LogP contribution >= 0.6 is 12.2 Å². The maximum atomic E-state index is 12.9. The minimum absolute atomic E-state index is 0.0509. The van der Waals surface area contributed by atoms with Gasteiger partial charge in [-0.1, -0.05) is 36.8 Å². The van der Waals surface area contributed by atoms with Crippen molar-refractivity contribution >= 4 is 33.9 Å². The van der Waals surface area contributed by atoms with Gasteiger partial charge in [0.05, 0.1) is 6.54 Å². The van der Waals surface area contributed by atoms with Crippen LogP contribution in [0.15, 0.2) is 53.3 Å². The molecule has 1 atom stereocenters. The second kappa shape index (κ2) is 9.84. The van der Waals surface area contributed by atoms with Crippen LogP contribution < -0.4 is 10.9 Å². The Hall–Kier alpha value is -2.70. The van der Waals surface area contributed by atoms with Gasteiger partial charge in [-0.25, -0.2) is 0 Å². The molecule has 2 heterocycles. The molecular formula is C26H32N4OS. The van der Waals surface area contributed by atoms with Crippen molar-refractivity contribution in [2.45, 2.75) is 46.2 Å². The summed E-state index contributed by atoms with van der Waals surface area (Å²) in [5.74, 6) is 0. The molecule has 1 aliphatic heterocycles. The summed E-state index contributed by atoms with van der Waals surface area (Å²) in [5, 5.41) is 5.08. The fourth-order valence-electron chi connectivity index (χ4n) is 4.51. The summed E-state index contributed by atoms with van der Waals surface area (Å²) in [5.41, 5.74) is 4.86. The molecule has 4 rings (SSSR count). The third kappa shape index (κ3) is 5.19. The van der Waals surface area contributed by atoms with E-state index in [4.69, 9.17) is 12.2 Å². The number of pyridine rings is 1. The lowest BCUT2D eigenvalue weighted by atomic mass is 10.1. The molecule has 0 spiro atoms. The number of thiocarbonyl (C=S) groups is 1. The number of fused-ring (bicyclic) bond motifs is 1. The topological polar surface area (TPSA) is 51.4 Å². The van der Waals surface area contributed by atoms with Gasteiger partial charge in [0.2, 0.25) is 0 Å². The van der Waals surface area contributed by atoms with Crippen molar-refractivity contribution in [3.05, 3.63) is 75.6 Å². The zero-order chi connectivity index (χ0) is 22.7. The molecular weight excluding hydrogens is 416 g/mol. The average Bonchev–Trinajstić information content (AvgIpc) is 3.22. The van der Waals surface area contributed by atoms with Crippen molar-refractivity contribution in [1.29, 1.82) is 0 Å². The van der Waals surface area contributed by atoms with E-state index in [0.717, 1.165) is 53.8 Å². The molecule has 1 aliphatic rings. The molecule has 0 unspecified atom stereocenters. The third-order valence-electron chi connectivity index (χ3n) is 6.37. The molecule has 0 saturated carbocycles. The van der Waals surface area contributed by atoms with Crippen LogP contribution in [0.2, 0.25) is 0 Å². The number of likely N-dealkylation sites (tertiary alicyclic amines) is 1. The Morgan fingerprint density at radius 1 is 1.16 bits per heavy atom. The molecule has 1 fully saturated rings. The van der Waals surface area contributed by atoms with Gasteiger partial charge in [-0.2, -0.15) is 0 Å². The second-order valence-corrected chi connectivity index (χ2v) is 9.20. The number of hydrogen-bond acceptors (Lipinski definition) is 3. The Balaban J connectivity index is 1.60. The highest BCUT2D eigenvalue weighted by atomic mass is 32.1. The first kappa shape index (κ1) is 22.5. The lowest BCUT2D eigenvalue weighted by molar-refractivity contribution is 0.221. The number of likely N-dealkylation sites (N-methyl/N-ethyl adjacent to an activating group) is 1. The van der Waals surface area contributed by atoms with Crippen molar-refractivity contribution in [3.63, 3.8) is 0 Å². The third-order valence-corrected chi connectivity index (χ3v) is 6.73. The quantitative estimate of drug-likeness (QED) is 0.529. The fraction of sp³-hybridized carbons (Fsp3) is 0.385. The molecule has 6 heteroatoms. The van der Waals surface area contributed by atoms with Gasteiger partial charge in [0.15, 0.2) is 5.11 Å². The number of benzene rings is 2. The van der Waals surface area contributed by atoms with E-state index in [2.05, 4.69) is 58.2 Å². The number of nitrogens with zero attached hydrogens (tertiary/aromatic N) is 2. The van der Waals surface area contributed by atoms with Gasteiger partial charge in [-0.05, 0) is 87.2 Å². The molecule has 1 saturated heterocycles. The summed E-state index contributed by atoms with van der Waals surface area (Å²) in [6, 6.07) is 16.8. The number of aromatic amines is 1. The molecule has 1 aromatic heterocycles. The molecule has 2 aromatic carbocycles. The van der Waals surface area contributed by atoms with Gasteiger partial charge in [-0.3, -0.25) is 9.69 Å². The van der Waals surface area contributed by atoms with Crippen LogP contribution in [0.4, 0.5) is 5.69 Å². The minimum atomic E-state index is -0.0509. The predicted octanol–water partition coefficient (Wildman–Crippen LogP) is 4.83. The standard InChI is InChI=1S/C26H32N4OS/c1-4-29-13-5-6-23(29)17-30(26(32)27-22-11-8-18(2)9-12-22)16-21-15-20-10-7-19(3)14-24(20)28-25(21)31/h7-12,14-15,23H,4-6,13,16-17H2,1-3H3,(H,27,32)(H,28,31)/t23-/m1/s1. The van der Waals surface area contributed by atoms with Crippen LogP contribution in [0.3, 0.4) is 0 Å². The molecule has 5 nitrogen and oxygen atoms in total. The Morgan fingerprint density at radius 3 is 2.66 bits per heavy atom. The van der Waals surface area contributed by atoms with Gasteiger partial charge in [0, 0.05) is 29.4 Å². The number of aryl methyl sites for hydroxylation is 2. The van der Waals surface area contributed by atoms with Crippen molar-refractivity contribution in [1.82, 2.24) is 14.8 Å². The maximum Gasteiger partial charge on any atom is 0.253 e. The van der Waals surface area contributed by atoms with Crippen LogP contribution in [-0.2, 0) is 6.54 Å². The summed E-state index contributed by atoms with van der Waals surface area (Å²) in [7, 11) is 0. The minimum Gasteiger partial charge on any atom is -0.343 e. The lowest BCUT2D eigenvalue weighted by Gasteiger charge is -2.32. The number of H-pyrrole nitrogens is 1. The average molecular weight is 449 g/mol. The van der Waals surface area contributed by atoms with Crippen molar-refractivity contribution in [2.75, 3.05) is 25.0 Å². The second-order valence-electron chi connectivity index (χ2n) is 8.82. The summed E-state index contributed by atoms with van der Waals surface area (Å²) < 4.78 is 0. The van der Waals surface area contributed by atoms with E-state index in [-0.39, 0.29) is 5.56 Å². The van der Waals surface area contributed by atoms with Crippen molar-refractivity contribution in [3.8, 4) is 0 Å². The van der Waals surface area contributed by atoms with Crippen LogP contribution in [-0.4, -0.2) is 45.6 Å². The molecule has 2 N–H and O–H groups in total. The summed E-state index contributed by atoms with van der Waals surface area (Å²) in [4.78, 5) is 20.6. The molecule has 0 bridgehead atoms. The predicted molar refractivity (Wildman–Crippen MR) is 137 cm³/mol. The van der Waals surface area contributed by atoms with Gasteiger partial charge < -0.3 is 15.2 Å². The van der Waals surface area contributed by atoms with Crippen molar-refractivity contribution < 1.29 is 0 Å². The van der Waals surface area contributed by atoms with E-state index < -0.39 is 0 Å². The van der Waals surface area contributed by atoms with E-state index in [9.17, 15) is 4.79 Å². The van der Waals surface area contributed by atoms with Crippen LogP contribution in [0.25, 0.3) is 10.9 Å². The maximum absolute atomic E-state index is 12.9. The van der Waals surface area contributed by atoms with E-state index in [1.165, 1.54) is 12.0 Å². The first-order chi connectivity index (χ1) is 15.4. The molecule has 3 aromatic rings. The van der Waals surface area contributed by atoms with Gasteiger partial charge in [0.25, 0.3) is 5.56 Å². The number of anilines is 1. The Labute approximate surface area is 195 Å². The highest BCUT2D eigenvalue weighted by Crippen LogP contribution is 2.20. The molecule has 0 amide bonds. The van der Waals surface area contributed by atoms with Crippen molar-refractivity contribution in [2.24, 2.45) is 0 Å². The van der Waals surface area contributed by atoms with Crippen LogP contribution in [0, 0.1) is 13.8 Å². The smallest absolute Gasteiger partial charge is 0.253 e. The van der Waals surface area contributed by atoms with E-state index in [0.29, 0.717) is 17.7 Å². The highest BCUT2D eigenvalue weighted by molar-refractivity contribution is 7.80. The largest absolute Gasteiger partial charge is 0.343 e. The number of rotatable bonds is 6. The molecule has 168 valence electrons. The number of hydrogen-bond donors (Lipinski definition) is 2. The van der Waals surface area contributed by atoms with E-state index in [1.54, 1.807) is 0 Å². The highest BCUT2D eigenvalue weighted by Gasteiger charge is 2.26. The molecule has 0 radical (unpaired) electrons. The zero-order valence-corrected chi connectivity index (χ0v) is 20.0. The summed E-state index contributed by atoms with van der Waals surface area (Å²) in [6.45, 7) is 9.75. The van der Waals surface area contributed by atoms with Gasteiger partial charge in [-0.15, -0.1) is 0 Å². The lowest BCUT2D eigenvalue weighted by Crippen LogP contribution is -2.44. The van der Waals surface area contributed by atoms with Gasteiger partial charge >= 0.3 is 0 Å². The number of aromatic nitrogens is 1. The normalized spacial score (nSPS) is 16.4. The summed E-state index contributed by atoms with van der Waals surface area (Å²) >= 11 is 5.84. The monoisotopic (exact) mass is 448 g/mol. The van der Waals surface area contributed by atoms with Crippen LogP contribution in [0.1, 0.15) is 36.5 Å². The number of nitrogens with one attached hydrogen (secondary N) is 2. The first-order valence-electron chi connectivity index (χ1n) is 11.4. The van der Waals surface area contributed by atoms with Gasteiger partial charge in [0.1, 0.15) is 0 Å². The molecule has 0 aliphatic carbocycles. The van der Waals surface area contributed by atoms with Crippen LogP contribution in [0.5, 0.6) is 0 Å². The summed E-state index contributed by atoms with van der Waals surface area (Å²) in [6.07, 6.45) is 2.37. The zero-order valence-electron chi connectivity index (χ0n) is 19.1. The first-order valence-corrected chi connectivity index (χ1v) is 11.8. The fourth-order valence-corrected chi connectivity index (χ4v) is 4.77.